The molecule has 2 aromatic carbocycles. The fourth-order valence-electron chi connectivity index (χ4n) is 3.62. The second kappa shape index (κ2) is 10.4. The molecule has 164 valence electrons. The minimum absolute atomic E-state index is 0.0165. The summed E-state index contributed by atoms with van der Waals surface area (Å²) in [6.45, 7) is 3.09. The van der Waals surface area contributed by atoms with E-state index in [0.29, 0.717) is 19.5 Å². The average molecular weight is 443 g/mol. The molecule has 1 unspecified atom stereocenters. The third-order valence-electron chi connectivity index (χ3n) is 5.35. The van der Waals surface area contributed by atoms with E-state index in [1.165, 1.54) is 6.07 Å². The Bertz CT molecular complexity index is 1010. The average Bonchev–Trinajstić information content (AvgIpc) is 3.19. The van der Waals surface area contributed by atoms with E-state index in [-0.39, 0.29) is 10.9 Å². The smallest absolute Gasteiger partial charge is 0.245 e. The van der Waals surface area contributed by atoms with Crippen LogP contribution in [0.5, 0.6) is 0 Å². The summed E-state index contributed by atoms with van der Waals surface area (Å²) in [5.74, 6) is -0.458. The van der Waals surface area contributed by atoms with Gasteiger partial charge in [-0.3, -0.25) is 9.48 Å². The molecule has 0 aliphatic rings. The number of amides is 1. The van der Waals surface area contributed by atoms with Gasteiger partial charge in [-0.15, -0.1) is 0 Å². The number of carbonyl (C=O) groups excluding carboxylic acids is 1. The molecule has 1 aromatic heterocycles. The lowest BCUT2D eigenvalue weighted by atomic mass is 10.1. The lowest BCUT2D eigenvalue weighted by Gasteiger charge is -2.35. The number of aromatic nitrogens is 2. The van der Waals surface area contributed by atoms with Crippen LogP contribution in [0.3, 0.4) is 0 Å². The van der Waals surface area contributed by atoms with Gasteiger partial charge < -0.3 is 9.80 Å². The van der Waals surface area contributed by atoms with Gasteiger partial charge in [0.05, 0.1) is 11.2 Å². The Morgan fingerprint density at radius 2 is 1.94 bits per heavy atom. The van der Waals surface area contributed by atoms with Crippen molar-refractivity contribution in [2.45, 2.75) is 32.4 Å². The van der Waals surface area contributed by atoms with Gasteiger partial charge in [0.1, 0.15) is 11.9 Å². The van der Waals surface area contributed by atoms with Crippen molar-refractivity contribution in [3.05, 3.63) is 82.9 Å². The van der Waals surface area contributed by atoms with Crippen LogP contribution in [0.15, 0.2) is 60.9 Å². The van der Waals surface area contributed by atoms with Gasteiger partial charge in [0.25, 0.3) is 0 Å². The minimum Gasteiger partial charge on any atom is -0.355 e. The molecule has 1 amide bonds. The highest BCUT2D eigenvalue weighted by molar-refractivity contribution is 6.31. The molecule has 3 aromatic rings. The SMILES string of the molecule is CCC(C(=O)N(C)CCc1cnn(C)c1)N(Cc1ccccc1)c1ccc(F)c(Cl)c1. The maximum absolute atomic E-state index is 13.8. The summed E-state index contributed by atoms with van der Waals surface area (Å²) in [7, 11) is 3.69. The van der Waals surface area contributed by atoms with E-state index in [2.05, 4.69) is 5.10 Å². The van der Waals surface area contributed by atoms with Gasteiger partial charge in [0.2, 0.25) is 5.91 Å². The van der Waals surface area contributed by atoms with Gasteiger partial charge in [0, 0.05) is 39.1 Å². The Labute approximate surface area is 188 Å². The molecule has 0 aliphatic heterocycles. The van der Waals surface area contributed by atoms with Gasteiger partial charge in [-0.1, -0.05) is 48.9 Å². The normalized spacial score (nSPS) is 11.9. The summed E-state index contributed by atoms with van der Waals surface area (Å²) in [5.41, 5.74) is 2.87. The highest BCUT2D eigenvalue weighted by Crippen LogP contribution is 2.27. The molecule has 0 aliphatic carbocycles. The molecular weight excluding hydrogens is 415 g/mol. The predicted octanol–water partition coefficient (Wildman–Crippen LogP) is 4.70. The zero-order chi connectivity index (χ0) is 22.4. The van der Waals surface area contributed by atoms with Crippen molar-refractivity contribution in [2.24, 2.45) is 7.05 Å². The van der Waals surface area contributed by atoms with E-state index in [0.717, 1.165) is 23.2 Å². The van der Waals surface area contributed by atoms with Gasteiger partial charge in [0.15, 0.2) is 0 Å². The summed E-state index contributed by atoms with van der Waals surface area (Å²) < 4.78 is 15.5. The number of hydrogen-bond acceptors (Lipinski definition) is 3. The third-order valence-corrected chi connectivity index (χ3v) is 5.64. The van der Waals surface area contributed by atoms with Crippen molar-refractivity contribution in [1.29, 1.82) is 0 Å². The third kappa shape index (κ3) is 5.85. The predicted molar refractivity (Wildman–Crippen MR) is 123 cm³/mol. The first kappa shape index (κ1) is 22.8. The number of likely N-dealkylation sites (N-methyl/N-ethyl adjacent to an activating group) is 1. The quantitative estimate of drug-likeness (QED) is 0.482. The van der Waals surface area contributed by atoms with E-state index in [4.69, 9.17) is 11.6 Å². The largest absolute Gasteiger partial charge is 0.355 e. The van der Waals surface area contributed by atoms with E-state index in [9.17, 15) is 9.18 Å². The summed E-state index contributed by atoms with van der Waals surface area (Å²) in [6, 6.07) is 14.1. The van der Waals surface area contributed by atoms with Crippen LogP contribution in [0.1, 0.15) is 24.5 Å². The summed E-state index contributed by atoms with van der Waals surface area (Å²) >= 11 is 6.07. The molecule has 0 bridgehead atoms. The second-order valence-electron chi connectivity index (χ2n) is 7.67. The zero-order valence-corrected chi connectivity index (χ0v) is 18.9. The Morgan fingerprint density at radius 1 is 1.19 bits per heavy atom. The number of hydrogen-bond donors (Lipinski definition) is 0. The molecule has 0 spiro atoms. The molecule has 0 N–H and O–H groups in total. The first-order valence-electron chi connectivity index (χ1n) is 10.4. The van der Waals surface area contributed by atoms with E-state index >= 15 is 0 Å². The van der Waals surface area contributed by atoms with Crippen LogP contribution in [0, 0.1) is 5.82 Å². The second-order valence-corrected chi connectivity index (χ2v) is 8.08. The Morgan fingerprint density at radius 3 is 2.55 bits per heavy atom. The Balaban J connectivity index is 1.83. The van der Waals surface area contributed by atoms with Crippen molar-refractivity contribution in [3.8, 4) is 0 Å². The van der Waals surface area contributed by atoms with Crippen molar-refractivity contribution >= 4 is 23.2 Å². The maximum Gasteiger partial charge on any atom is 0.245 e. The first-order valence-corrected chi connectivity index (χ1v) is 10.7. The van der Waals surface area contributed by atoms with Crippen LogP contribution in [0.4, 0.5) is 10.1 Å². The van der Waals surface area contributed by atoms with Crippen LogP contribution >= 0.6 is 11.6 Å². The molecule has 0 radical (unpaired) electrons. The van der Waals surface area contributed by atoms with Crippen molar-refractivity contribution in [1.82, 2.24) is 14.7 Å². The van der Waals surface area contributed by atoms with E-state index in [1.807, 2.05) is 68.6 Å². The van der Waals surface area contributed by atoms with E-state index in [1.54, 1.807) is 21.7 Å². The molecule has 1 heterocycles. The summed E-state index contributed by atoms with van der Waals surface area (Å²) in [6.07, 6.45) is 5.11. The number of anilines is 1. The van der Waals surface area contributed by atoms with Crippen molar-refractivity contribution in [3.63, 3.8) is 0 Å². The van der Waals surface area contributed by atoms with Crippen LogP contribution in [-0.4, -0.2) is 40.2 Å². The fourth-order valence-corrected chi connectivity index (χ4v) is 3.79. The molecule has 0 fully saturated rings. The van der Waals surface area contributed by atoms with Gasteiger partial charge in [-0.05, 0) is 42.2 Å². The molecule has 7 heteroatoms. The maximum atomic E-state index is 13.8. The first-order chi connectivity index (χ1) is 14.9. The fraction of sp³-hybridized carbons (Fsp3) is 0.333. The van der Waals surface area contributed by atoms with Gasteiger partial charge in [-0.2, -0.15) is 5.10 Å². The highest BCUT2D eigenvalue weighted by atomic mass is 35.5. The monoisotopic (exact) mass is 442 g/mol. The van der Waals surface area contributed by atoms with E-state index < -0.39 is 11.9 Å². The lowest BCUT2D eigenvalue weighted by Crippen LogP contribution is -2.47. The number of nitrogens with zero attached hydrogens (tertiary/aromatic N) is 4. The van der Waals surface area contributed by atoms with Gasteiger partial charge >= 0.3 is 0 Å². The highest BCUT2D eigenvalue weighted by Gasteiger charge is 2.28. The summed E-state index contributed by atoms with van der Waals surface area (Å²) in [5, 5.41) is 4.23. The molecule has 3 rings (SSSR count). The summed E-state index contributed by atoms with van der Waals surface area (Å²) in [4.78, 5) is 17.2. The van der Waals surface area contributed by atoms with Crippen LogP contribution in [0.2, 0.25) is 5.02 Å². The lowest BCUT2D eigenvalue weighted by molar-refractivity contribution is -0.131. The van der Waals surface area contributed by atoms with Gasteiger partial charge in [-0.25, -0.2) is 4.39 Å². The number of carbonyl (C=O) groups is 1. The minimum atomic E-state index is -0.474. The van der Waals surface area contributed by atoms with Crippen LogP contribution < -0.4 is 4.90 Å². The molecule has 0 saturated carbocycles. The number of halogens is 2. The van der Waals surface area contributed by atoms with Crippen molar-refractivity contribution < 1.29 is 9.18 Å². The molecule has 1 atom stereocenters. The molecule has 31 heavy (non-hydrogen) atoms. The Kier molecular flexibility index (Phi) is 7.69. The zero-order valence-electron chi connectivity index (χ0n) is 18.1. The topological polar surface area (TPSA) is 41.4 Å². The molecule has 0 saturated heterocycles. The number of aryl methyl sites for hydroxylation is 1. The standard InChI is InChI=1S/C24H28ClFN4O/c1-4-23(24(31)28(2)13-12-19-15-27-29(3)16-19)30(17-18-8-6-5-7-9-18)20-10-11-22(26)21(25)14-20/h5-11,14-16,23H,4,12-13,17H2,1-3H3. The molecule has 5 nitrogen and oxygen atoms in total. The molecular formula is C24H28ClFN4O. The van der Waals surface area contributed by atoms with Crippen molar-refractivity contribution in [2.75, 3.05) is 18.5 Å². The van der Waals surface area contributed by atoms with Crippen LogP contribution in [-0.2, 0) is 24.8 Å². The number of benzene rings is 2. The van der Waals surface area contributed by atoms with Crippen LogP contribution in [0.25, 0.3) is 0 Å². The Hall–Kier alpha value is -2.86. The number of rotatable bonds is 9.